The maximum absolute atomic E-state index is 3.92. The highest BCUT2D eigenvalue weighted by molar-refractivity contribution is 5.16. The highest BCUT2D eigenvalue weighted by atomic mass is 15.3. The van der Waals surface area contributed by atoms with Gasteiger partial charge in [0.1, 0.15) is 6.04 Å². The number of nitrogens with zero attached hydrogens (tertiary/aromatic N) is 1. The average molecular weight is 216 g/mol. The third-order valence-electron chi connectivity index (χ3n) is 3.03. The summed E-state index contributed by atoms with van der Waals surface area (Å²) in [5, 5.41) is 0. The van der Waals surface area contributed by atoms with E-state index in [4.69, 9.17) is 0 Å². The Labute approximate surface area is 99.3 Å². The first-order chi connectivity index (χ1) is 7.60. The maximum atomic E-state index is 3.92. The maximum Gasteiger partial charge on any atom is 0.115 e. The van der Waals surface area contributed by atoms with E-state index in [9.17, 15) is 0 Å². The monoisotopic (exact) mass is 216 g/mol. The van der Waals surface area contributed by atoms with Crippen LogP contribution in [0, 0.1) is 0 Å². The Hall–Kier alpha value is -1.34. The van der Waals surface area contributed by atoms with Gasteiger partial charge >= 0.3 is 0 Å². The molecule has 0 aromatic heterocycles. The van der Waals surface area contributed by atoms with Crippen molar-refractivity contribution in [1.82, 2.24) is 0 Å². The topological polar surface area (TPSA) is 0 Å². The minimum absolute atomic E-state index is 0.449. The number of allylic oxidation sites excluding steroid dienone is 1. The first-order valence-corrected chi connectivity index (χ1v) is 5.74. The van der Waals surface area contributed by atoms with E-state index in [1.807, 2.05) is 6.20 Å². The summed E-state index contributed by atoms with van der Waals surface area (Å²) in [5.74, 6) is 0. The summed E-state index contributed by atoms with van der Waals surface area (Å²) < 4.78 is 0.805. The molecule has 0 bridgehead atoms. The van der Waals surface area contributed by atoms with Crippen LogP contribution < -0.4 is 0 Å². The smallest absolute Gasteiger partial charge is 0.115 e. The van der Waals surface area contributed by atoms with Gasteiger partial charge in [-0.15, -0.1) is 0 Å². The summed E-state index contributed by atoms with van der Waals surface area (Å²) in [6.07, 6.45) is 7.42. The number of quaternary nitrogens is 1. The third kappa shape index (κ3) is 3.35. The predicted octanol–water partition coefficient (Wildman–Crippen LogP) is 3.39. The van der Waals surface area contributed by atoms with Crippen molar-refractivity contribution < 1.29 is 4.48 Å². The number of hydrogen-bond donors (Lipinski definition) is 0. The van der Waals surface area contributed by atoms with Crippen molar-refractivity contribution >= 4 is 0 Å². The summed E-state index contributed by atoms with van der Waals surface area (Å²) >= 11 is 0. The molecule has 0 heterocycles. The van der Waals surface area contributed by atoms with E-state index in [1.165, 1.54) is 5.56 Å². The van der Waals surface area contributed by atoms with Crippen molar-refractivity contribution in [2.75, 3.05) is 14.1 Å². The molecule has 1 aromatic rings. The lowest BCUT2D eigenvalue weighted by Gasteiger charge is -2.32. The van der Waals surface area contributed by atoms with Crippen molar-refractivity contribution in [1.29, 1.82) is 0 Å². The normalized spacial score (nSPS) is 13.9. The van der Waals surface area contributed by atoms with Gasteiger partial charge in [-0.2, -0.15) is 0 Å². The molecule has 1 nitrogen and oxygen atoms in total. The zero-order valence-corrected chi connectivity index (χ0v) is 10.6. The summed E-state index contributed by atoms with van der Waals surface area (Å²) in [4.78, 5) is 0. The zero-order valence-electron chi connectivity index (χ0n) is 10.6. The summed E-state index contributed by atoms with van der Waals surface area (Å²) in [7, 11) is 4.36. The Bertz CT molecular complexity index is 349. The lowest BCUT2D eigenvalue weighted by atomic mass is 10.0. The van der Waals surface area contributed by atoms with E-state index in [0.29, 0.717) is 6.04 Å². The minimum atomic E-state index is 0.449. The fraction of sp³-hybridized carbons (Fsp3) is 0.333. The molecule has 0 aliphatic rings. The summed E-state index contributed by atoms with van der Waals surface area (Å²) in [6, 6.07) is 11.1. The first-order valence-electron chi connectivity index (χ1n) is 5.74. The van der Waals surface area contributed by atoms with E-state index < -0.39 is 0 Å². The molecule has 0 aliphatic carbocycles. The molecule has 1 aromatic carbocycles. The van der Waals surface area contributed by atoms with Crippen LogP contribution in [-0.2, 0) is 6.42 Å². The third-order valence-corrected chi connectivity index (χ3v) is 3.03. The molecule has 0 radical (unpaired) electrons. The number of benzene rings is 1. The SMILES string of the molecule is C=C[N+](C)(C)C(C=CC)Cc1ccccc1. The Morgan fingerprint density at radius 1 is 1.25 bits per heavy atom. The molecule has 0 saturated heterocycles. The van der Waals surface area contributed by atoms with Gasteiger partial charge in [0.2, 0.25) is 0 Å². The molecular formula is C15H22N+. The van der Waals surface area contributed by atoms with E-state index >= 15 is 0 Å². The molecule has 0 amide bonds. The fourth-order valence-electron chi connectivity index (χ4n) is 1.74. The van der Waals surface area contributed by atoms with Gasteiger partial charge in [-0.3, -0.25) is 4.48 Å². The van der Waals surface area contributed by atoms with Gasteiger partial charge in [-0.25, -0.2) is 0 Å². The average Bonchev–Trinajstić information content (AvgIpc) is 2.30. The van der Waals surface area contributed by atoms with Crippen molar-refractivity contribution in [3.05, 3.63) is 60.8 Å². The van der Waals surface area contributed by atoms with E-state index in [0.717, 1.165) is 10.9 Å². The van der Waals surface area contributed by atoms with Crippen LogP contribution in [-0.4, -0.2) is 24.6 Å². The minimum Gasteiger partial charge on any atom is -0.297 e. The van der Waals surface area contributed by atoms with Crippen molar-refractivity contribution in [2.45, 2.75) is 19.4 Å². The van der Waals surface area contributed by atoms with Gasteiger partial charge < -0.3 is 0 Å². The molecule has 1 atom stereocenters. The van der Waals surface area contributed by atoms with Crippen molar-refractivity contribution in [2.24, 2.45) is 0 Å². The lowest BCUT2D eigenvalue weighted by Crippen LogP contribution is -2.43. The van der Waals surface area contributed by atoms with Gasteiger partial charge in [-0.05, 0) is 25.1 Å². The Balaban J connectivity index is 2.85. The molecule has 1 unspecified atom stereocenters. The molecule has 1 rings (SSSR count). The molecule has 0 saturated carbocycles. The second-order valence-electron chi connectivity index (χ2n) is 4.59. The number of hydrogen-bond acceptors (Lipinski definition) is 0. The van der Waals surface area contributed by atoms with Crippen LogP contribution in [0.5, 0.6) is 0 Å². The van der Waals surface area contributed by atoms with Crippen LogP contribution in [0.3, 0.4) is 0 Å². The number of likely N-dealkylation sites (N-methyl/N-ethyl adjacent to an activating group) is 1. The fourth-order valence-corrected chi connectivity index (χ4v) is 1.74. The molecule has 0 fully saturated rings. The zero-order chi connectivity index (χ0) is 12.0. The standard InChI is InChI=1S/C15H22N/c1-5-10-15(16(3,4)6-2)13-14-11-8-7-9-12-14/h5-12,15H,2,13H2,1,3-4H3/q+1. The van der Waals surface area contributed by atoms with Gasteiger partial charge in [0, 0.05) is 6.42 Å². The largest absolute Gasteiger partial charge is 0.297 e. The second-order valence-corrected chi connectivity index (χ2v) is 4.59. The summed E-state index contributed by atoms with van der Waals surface area (Å²) in [6.45, 7) is 5.99. The van der Waals surface area contributed by atoms with Crippen LogP contribution >= 0.6 is 0 Å². The van der Waals surface area contributed by atoms with Crippen LogP contribution in [0.4, 0.5) is 0 Å². The van der Waals surface area contributed by atoms with Gasteiger partial charge in [-0.1, -0.05) is 36.4 Å². The van der Waals surface area contributed by atoms with E-state index in [2.05, 4.69) is 70.1 Å². The Morgan fingerprint density at radius 3 is 2.38 bits per heavy atom. The van der Waals surface area contributed by atoms with Gasteiger partial charge in [0.15, 0.2) is 0 Å². The van der Waals surface area contributed by atoms with E-state index in [1.54, 1.807) is 0 Å². The quantitative estimate of drug-likeness (QED) is 0.523. The molecule has 16 heavy (non-hydrogen) atoms. The molecule has 0 spiro atoms. The number of rotatable bonds is 5. The van der Waals surface area contributed by atoms with Crippen LogP contribution in [0.1, 0.15) is 12.5 Å². The molecule has 86 valence electrons. The highest BCUT2D eigenvalue weighted by Crippen LogP contribution is 2.15. The van der Waals surface area contributed by atoms with Crippen LogP contribution in [0.2, 0.25) is 0 Å². The van der Waals surface area contributed by atoms with Crippen molar-refractivity contribution in [3.8, 4) is 0 Å². The molecular weight excluding hydrogens is 194 g/mol. The van der Waals surface area contributed by atoms with Gasteiger partial charge in [0.25, 0.3) is 0 Å². The predicted molar refractivity (Wildman–Crippen MR) is 71.1 cm³/mol. The molecule has 0 aliphatic heterocycles. The lowest BCUT2D eigenvalue weighted by molar-refractivity contribution is -0.857. The first kappa shape index (κ1) is 12.7. The van der Waals surface area contributed by atoms with E-state index in [-0.39, 0.29) is 0 Å². The second kappa shape index (κ2) is 5.66. The molecule has 0 N–H and O–H groups in total. The van der Waals surface area contributed by atoms with Crippen molar-refractivity contribution in [3.63, 3.8) is 0 Å². The Kier molecular flexibility index (Phi) is 4.51. The van der Waals surface area contributed by atoms with Gasteiger partial charge in [0.05, 0.1) is 20.3 Å². The van der Waals surface area contributed by atoms with Crippen LogP contribution in [0.15, 0.2) is 55.3 Å². The van der Waals surface area contributed by atoms with Crippen LogP contribution in [0.25, 0.3) is 0 Å². The Morgan fingerprint density at radius 2 is 1.88 bits per heavy atom. The molecule has 1 heteroatoms. The highest BCUT2D eigenvalue weighted by Gasteiger charge is 2.22. The summed E-state index contributed by atoms with van der Waals surface area (Å²) in [5.41, 5.74) is 1.37.